The number of carboxylic acid groups (broad SMARTS) is 1. The third kappa shape index (κ3) is 5.99. The molecule has 1 amide bonds. The van der Waals surface area contributed by atoms with Crippen LogP contribution in [0.5, 0.6) is 0 Å². The van der Waals surface area contributed by atoms with Crippen molar-refractivity contribution in [3.05, 3.63) is 33.7 Å². The summed E-state index contributed by atoms with van der Waals surface area (Å²) in [7, 11) is 0. The highest BCUT2D eigenvalue weighted by Crippen LogP contribution is 2.06. The van der Waals surface area contributed by atoms with Crippen molar-refractivity contribution in [2.75, 3.05) is 0 Å². The zero-order valence-corrected chi connectivity index (χ0v) is 12.8. The van der Waals surface area contributed by atoms with Crippen molar-refractivity contribution in [2.45, 2.75) is 39.3 Å². The monoisotopic (exact) mass is 314 g/mol. The summed E-state index contributed by atoms with van der Waals surface area (Å²) in [6.07, 6.45) is 1.82. The van der Waals surface area contributed by atoms with Crippen LogP contribution in [0, 0.1) is 5.92 Å². The van der Waals surface area contributed by atoms with Gasteiger partial charge in [-0.25, -0.2) is 4.79 Å². The predicted octanol–water partition coefficient (Wildman–Crippen LogP) is 1.51. The molecule has 6 nitrogen and oxygen atoms in total. The summed E-state index contributed by atoms with van der Waals surface area (Å²) in [4.78, 5) is 34.4. The summed E-state index contributed by atoms with van der Waals surface area (Å²) in [6, 6.07) is 1.89. The number of carboxylic acids is 1. The minimum atomic E-state index is -1.06. The van der Waals surface area contributed by atoms with E-state index in [4.69, 9.17) is 16.7 Å². The molecule has 1 rings (SSSR count). The zero-order chi connectivity index (χ0) is 16.0. The van der Waals surface area contributed by atoms with Crippen LogP contribution in [0.3, 0.4) is 0 Å². The lowest BCUT2D eigenvalue weighted by Crippen LogP contribution is -2.42. The summed E-state index contributed by atoms with van der Waals surface area (Å²) >= 11 is 5.78. The zero-order valence-electron chi connectivity index (χ0n) is 12.0. The maximum Gasteiger partial charge on any atom is 0.326 e. The Morgan fingerprint density at radius 2 is 2.05 bits per heavy atom. The van der Waals surface area contributed by atoms with Gasteiger partial charge in [0.05, 0.1) is 5.02 Å². The maximum atomic E-state index is 11.8. The highest BCUT2D eigenvalue weighted by Gasteiger charge is 2.20. The van der Waals surface area contributed by atoms with Crippen molar-refractivity contribution < 1.29 is 14.7 Å². The van der Waals surface area contributed by atoms with Gasteiger partial charge in [0.15, 0.2) is 0 Å². The Morgan fingerprint density at radius 1 is 1.38 bits per heavy atom. The largest absolute Gasteiger partial charge is 0.480 e. The summed E-state index contributed by atoms with van der Waals surface area (Å²) in [5.41, 5.74) is -0.260. The van der Waals surface area contributed by atoms with Crippen LogP contribution in [-0.2, 0) is 16.1 Å². The van der Waals surface area contributed by atoms with Gasteiger partial charge in [-0.05, 0) is 18.4 Å². The van der Waals surface area contributed by atoms with Crippen molar-refractivity contribution in [3.8, 4) is 0 Å². The first kappa shape index (κ1) is 17.2. The minimum Gasteiger partial charge on any atom is -0.480 e. The first-order valence-corrected chi connectivity index (χ1v) is 7.05. The van der Waals surface area contributed by atoms with Crippen LogP contribution in [0.1, 0.15) is 26.7 Å². The topological polar surface area (TPSA) is 88.4 Å². The third-order valence-electron chi connectivity index (χ3n) is 2.87. The average molecular weight is 315 g/mol. The van der Waals surface area contributed by atoms with E-state index in [-0.39, 0.29) is 24.4 Å². The number of aromatic nitrogens is 1. The molecule has 0 aliphatic heterocycles. The quantitative estimate of drug-likeness (QED) is 0.798. The van der Waals surface area contributed by atoms with Gasteiger partial charge in [0.1, 0.15) is 6.04 Å². The predicted molar refractivity (Wildman–Crippen MR) is 79.4 cm³/mol. The van der Waals surface area contributed by atoms with Crippen LogP contribution in [0.2, 0.25) is 5.02 Å². The van der Waals surface area contributed by atoms with Crippen LogP contribution < -0.4 is 10.9 Å². The Morgan fingerprint density at radius 3 is 2.62 bits per heavy atom. The molecular weight excluding hydrogens is 296 g/mol. The van der Waals surface area contributed by atoms with Crippen molar-refractivity contribution in [1.82, 2.24) is 9.88 Å². The summed E-state index contributed by atoms with van der Waals surface area (Å²) < 4.78 is 1.32. The van der Waals surface area contributed by atoms with Gasteiger partial charge in [-0.3, -0.25) is 9.59 Å². The van der Waals surface area contributed by atoms with Crippen molar-refractivity contribution in [3.63, 3.8) is 0 Å². The standard InChI is InChI=1S/C14H19ClN2O4/c1-9(2)7-11(14(20)21)16-12(18)5-6-17-8-10(15)3-4-13(17)19/h3-4,8-9,11H,5-7H2,1-2H3,(H,16,18)(H,20,21). The van der Waals surface area contributed by atoms with E-state index in [0.29, 0.717) is 11.4 Å². The number of amides is 1. The van der Waals surface area contributed by atoms with Crippen molar-refractivity contribution in [1.29, 1.82) is 0 Å². The van der Waals surface area contributed by atoms with E-state index < -0.39 is 17.9 Å². The van der Waals surface area contributed by atoms with E-state index in [0.717, 1.165) is 0 Å². The number of carbonyl (C=O) groups excluding carboxylic acids is 1. The molecule has 2 N–H and O–H groups in total. The molecule has 0 fully saturated rings. The molecule has 1 heterocycles. The fraction of sp³-hybridized carbons (Fsp3) is 0.500. The lowest BCUT2D eigenvalue weighted by atomic mass is 10.0. The number of hydrogen-bond donors (Lipinski definition) is 2. The van der Waals surface area contributed by atoms with Crippen LogP contribution in [0.15, 0.2) is 23.1 Å². The van der Waals surface area contributed by atoms with Gasteiger partial charge >= 0.3 is 5.97 Å². The Bertz CT molecular complexity index is 568. The van der Waals surface area contributed by atoms with E-state index >= 15 is 0 Å². The number of nitrogens with one attached hydrogen (secondary N) is 1. The second-order valence-corrected chi connectivity index (χ2v) is 5.65. The molecule has 21 heavy (non-hydrogen) atoms. The Balaban J connectivity index is 2.58. The van der Waals surface area contributed by atoms with Gasteiger partial charge in [0, 0.05) is 25.2 Å². The molecule has 0 saturated heterocycles. The second-order valence-electron chi connectivity index (χ2n) is 5.22. The lowest BCUT2D eigenvalue weighted by Gasteiger charge is -2.16. The van der Waals surface area contributed by atoms with Crippen LogP contribution in [-0.4, -0.2) is 27.6 Å². The third-order valence-corrected chi connectivity index (χ3v) is 3.09. The molecule has 0 radical (unpaired) electrons. The van der Waals surface area contributed by atoms with E-state index in [1.54, 1.807) is 0 Å². The van der Waals surface area contributed by atoms with Crippen molar-refractivity contribution >= 4 is 23.5 Å². The molecule has 0 saturated carbocycles. The Kier molecular flexibility index (Phi) is 6.42. The molecule has 1 unspecified atom stereocenters. The molecule has 1 aromatic heterocycles. The average Bonchev–Trinajstić information content (AvgIpc) is 2.38. The molecule has 1 aromatic rings. The first-order chi connectivity index (χ1) is 9.79. The van der Waals surface area contributed by atoms with Gasteiger partial charge in [0.2, 0.25) is 5.91 Å². The van der Waals surface area contributed by atoms with Gasteiger partial charge in [-0.15, -0.1) is 0 Å². The second kappa shape index (κ2) is 7.83. The molecule has 0 bridgehead atoms. The number of hydrogen-bond acceptors (Lipinski definition) is 3. The number of aliphatic carboxylic acids is 1. The molecular formula is C14H19ClN2O4. The fourth-order valence-corrected chi connectivity index (χ4v) is 2.04. The highest BCUT2D eigenvalue weighted by atomic mass is 35.5. The molecule has 1 atom stereocenters. The van der Waals surface area contributed by atoms with Gasteiger partial charge in [0.25, 0.3) is 5.56 Å². The van der Waals surface area contributed by atoms with E-state index in [1.807, 2.05) is 13.8 Å². The van der Waals surface area contributed by atoms with E-state index in [9.17, 15) is 14.4 Å². The maximum absolute atomic E-state index is 11.8. The number of pyridine rings is 1. The van der Waals surface area contributed by atoms with E-state index in [1.165, 1.54) is 22.9 Å². The molecule has 0 aliphatic carbocycles. The molecule has 116 valence electrons. The van der Waals surface area contributed by atoms with Crippen LogP contribution in [0.4, 0.5) is 0 Å². The van der Waals surface area contributed by atoms with Gasteiger partial charge < -0.3 is 15.0 Å². The van der Waals surface area contributed by atoms with Gasteiger partial charge in [-0.1, -0.05) is 25.4 Å². The number of carbonyl (C=O) groups is 2. The SMILES string of the molecule is CC(C)CC(NC(=O)CCn1cc(Cl)ccc1=O)C(=O)O. The summed E-state index contributed by atoms with van der Waals surface area (Å²) in [6.45, 7) is 3.92. The first-order valence-electron chi connectivity index (χ1n) is 6.67. The van der Waals surface area contributed by atoms with E-state index in [2.05, 4.69) is 5.32 Å². The van der Waals surface area contributed by atoms with Gasteiger partial charge in [-0.2, -0.15) is 0 Å². The molecule has 0 aliphatic rings. The lowest BCUT2D eigenvalue weighted by molar-refractivity contribution is -0.142. The minimum absolute atomic E-state index is 0.0160. The van der Waals surface area contributed by atoms with Crippen LogP contribution >= 0.6 is 11.6 Å². The molecule has 7 heteroatoms. The summed E-state index contributed by atoms with van der Waals surface area (Å²) in [5, 5.41) is 11.9. The number of aryl methyl sites for hydroxylation is 1. The number of nitrogens with zero attached hydrogens (tertiary/aromatic N) is 1. The number of rotatable bonds is 7. The Hall–Kier alpha value is -1.82. The molecule has 0 aromatic carbocycles. The smallest absolute Gasteiger partial charge is 0.326 e. The Labute approximate surface area is 127 Å². The van der Waals surface area contributed by atoms with Crippen molar-refractivity contribution in [2.24, 2.45) is 5.92 Å². The molecule has 0 spiro atoms. The fourth-order valence-electron chi connectivity index (χ4n) is 1.86. The number of halogens is 1. The van der Waals surface area contributed by atoms with Crippen LogP contribution in [0.25, 0.3) is 0 Å². The highest BCUT2D eigenvalue weighted by molar-refractivity contribution is 6.30. The summed E-state index contributed by atoms with van der Waals surface area (Å²) in [5.74, 6) is -1.31. The normalized spacial score (nSPS) is 12.2.